The lowest BCUT2D eigenvalue weighted by molar-refractivity contribution is 0.0526. The van der Waals surface area contributed by atoms with E-state index in [1.165, 1.54) is 5.56 Å². The van der Waals surface area contributed by atoms with Gasteiger partial charge in [-0.15, -0.1) is 0 Å². The van der Waals surface area contributed by atoms with Crippen molar-refractivity contribution in [1.29, 1.82) is 0 Å². The third-order valence-corrected chi connectivity index (χ3v) is 5.13. The Morgan fingerprint density at radius 2 is 1.78 bits per heavy atom. The standard InChI is InChI=1S/C22H26N2O3/c1-5-27-21(26)15-6-9-17(10-7-15)23-20(25)16-8-11-18-19(14-16)24(4)13-12-22(18,2)3/h6-11,14H,5,12-13H2,1-4H3,(H,23,25). The van der Waals surface area contributed by atoms with Gasteiger partial charge in [0.15, 0.2) is 0 Å². The molecule has 3 rings (SSSR count). The van der Waals surface area contributed by atoms with Crippen LogP contribution in [0.2, 0.25) is 0 Å². The number of anilines is 2. The average molecular weight is 366 g/mol. The summed E-state index contributed by atoms with van der Waals surface area (Å²) >= 11 is 0. The van der Waals surface area contributed by atoms with E-state index in [2.05, 4.69) is 37.2 Å². The van der Waals surface area contributed by atoms with E-state index in [1.54, 1.807) is 31.2 Å². The SMILES string of the molecule is CCOC(=O)c1ccc(NC(=O)c2ccc3c(c2)N(C)CCC3(C)C)cc1. The highest BCUT2D eigenvalue weighted by Gasteiger charge is 2.30. The number of esters is 1. The van der Waals surface area contributed by atoms with Gasteiger partial charge in [-0.3, -0.25) is 4.79 Å². The lowest BCUT2D eigenvalue weighted by atomic mass is 9.77. The fraction of sp³-hybridized carbons (Fsp3) is 0.364. The molecular weight excluding hydrogens is 340 g/mol. The molecule has 1 N–H and O–H groups in total. The highest BCUT2D eigenvalue weighted by molar-refractivity contribution is 6.05. The van der Waals surface area contributed by atoms with Crippen LogP contribution in [-0.4, -0.2) is 32.1 Å². The summed E-state index contributed by atoms with van der Waals surface area (Å²) in [7, 11) is 2.06. The van der Waals surface area contributed by atoms with Crippen LogP contribution in [0, 0.1) is 0 Å². The van der Waals surface area contributed by atoms with E-state index in [0.717, 1.165) is 18.7 Å². The van der Waals surface area contributed by atoms with Gasteiger partial charge in [0.05, 0.1) is 12.2 Å². The molecule has 0 bridgehead atoms. The maximum Gasteiger partial charge on any atom is 0.338 e. The van der Waals surface area contributed by atoms with Crippen molar-refractivity contribution in [3.8, 4) is 0 Å². The molecule has 5 heteroatoms. The molecule has 142 valence electrons. The van der Waals surface area contributed by atoms with Gasteiger partial charge in [-0.25, -0.2) is 4.79 Å². The molecule has 0 aromatic heterocycles. The zero-order valence-corrected chi connectivity index (χ0v) is 16.3. The number of fused-ring (bicyclic) bond motifs is 1. The van der Waals surface area contributed by atoms with E-state index in [-0.39, 0.29) is 17.3 Å². The molecule has 0 fully saturated rings. The predicted molar refractivity (Wildman–Crippen MR) is 108 cm³/mol. The van der Waals surface area contributed by atoms with E-state index in [4.69, 9.17) is 4.74 Å². The Balaban J connectivity index is 1.77. The first-order chi connectivity index (χ1) is 12.8. The number of amides is 1. The molecule has 2 aromatic rings. The maximum absolute atomic E-state index is 12.7. The van der Waals surface area contributed by atoms with Crippen molar-refractivity contribution in [2.24, 2.45) is 0 Å². The number of carbonyl (C=O) groups is 2. The third-order valence-electron chi connectivity index (χ3n) is 5.13. The van der Waals surface area contributed by atoms with Crippen LogP contribution in [0.1, 0.15) is 53.5 Å². The van der Waals surface area contributed by atoms with Crippen molar-refractivity contribution in [2.75, 3.05) is 30.4 Å². The Morgan fingerprint density at radius 1 is 1.11 bits per heavy atom. The van der Waals surface area contributed by atoms with E-state index in [9.17, 15) is 9.59 Å². The van der Waals surface area contributed by atoms with Gasteiger partial charge in [-0.05, 0) is 60.7 Å². The van der Waals surface area contributed by atoms with E-state index in [1.807, 2.05) is 12.1 Å². The van der Waals surface area contributed by atoms with Crippen molar-refractivity contribution in [1.82, 2.24) is 0 Å². The fourth-order valence-corrected chi connectivity index (χ4v) is 3.37. The first-order valence-corrected chi connectivity index (χ1v) is 9.26. The zero-order chi connectivity index (χ0) is 19.6. The summed E-state index contributed by atoms with van der Waals surface area (Å²) in [5.41, 5.74) is 4.21. The lowest BCUT2D eigenvalue weighted by Gasteiger charge is -2.38. The van der Waals surface area contributed by atoms with Crippen molar-refractivity contribution in [3.05, 3.63) is 59.2 Å². The predicted octanol–water partition coefficient (Wildman–Crippen LogP) is 4.23. The number of nitrogens with zero attached hydrogens (tertiary/aromatic N) is 1. The third kappa shape index (κ3) is 3.97. The second-order valence-electron chi connectivity index (χ2n) is 7.54. The van der Waals surface area contributed by atoms with Crippen LogP contribution in [0.25, 0.3) is 0 Å². The summed E-state index contributed by atoms with van der Waals surface area (Å²) in [5.74, 6) is -0.533. The van der Waals surface area contributed by atoms with E-state index < -0.39 is 0 Å². The van der Waals surface area contributed by atoms with Gasteiger partial charge < -0.3 is 15.0 Å². The summed E-state index contributed by atoms with van der Waals surface area (Å²) in [6, 6.07) is 12.6. The fourth-order valence-electron chi connectivity index (χ4n) is 3.37. The minimum Gasteiger partial charge on any atom is -0.462 e. The summed E-state index contributed by atoms with van der Waals surface area (Å²) in [6.45, 7) is 7.55. The Bertz CT molecular complexity index is 856. The molecule has 5 nitrogen and oxygen atoms in total. The van der Waals surface area contributed by atoms with Gasteiger partial charge in [0.1, 0.15) is 0 Å². The highest BCUT2D eigenvalue weighted by Crippen LogP contribution is 2.39. The van der Waals surface area contributed by atoms with Crippen molar-refractivity contribution >= 4 is 23.3 Å². The molecule has 0 radical (unpaired) electrons. The smallest absolute Gasteiger partial charge is 0.338 e. The Labute approximate surface area is 160 Å². The second kappa shape index (κ2) is 7.43. The van der Waals surface area contributed by atoms with Crippen molar-refractivity contribution < 1.29 is 14.3 Å². The molecule has 27 heavy (non-hydrogen) atoms. The highest BCUT2D eigenvalue weighted by atomic mass is 16.5. The molecule has 0 spiro atoms. The van der Waals surface area contributed by atoms with Crippen molar-refractivity contribution in [3.63, 3.8) is 0 Å². The van der Waals surface area contributed by atoms with Crippen LogP contribution in [0.5, 0.6) is 0 Å². The lowest BCUT2D eigenvalue weighted by Crippen LogP contribution is -2.35. The number of carbonyl (C=O) groups excluding carboxylic acids is 2. The minimum atomic E-state index is -0.365. The monoisotopic (exact) mass is 366 g/mol. The summed E-state index contributed by atoms with van der Waals surface area (Å²) < 4.78 is 4.97. The van der Waals surface area contributed by atoms with Gasteiger partial charge in [-0.1, -0.05) is 19.9 Å². The zero-order valence-electron chi connectivity index (χ0n) is 16.3. The van der Waals surface area contributed by atoms with Crippen LogP contribution in [0.15, 0.2) is 42.5 Å². The number of hydrogen-bond donors (Lipinski definition) is 1. The largest absolute Gasteiger partial charge is 0.462 e. The first-order valence-electron chi connectivity index (χ1n) is 9.26. The Hall–Kier alpha value is -2.82. The van der Waals surface area contributed by atoms with Crippen LogP contribution in [0.3, 0.4) is 0 Å². The summed E-state index contributed by atoms with van der Waals surface area (Å²) in [4.78, 5) is 26.6. The molecule has 0 unspecified atom stereocenters. The van der Waals surface area contributed by atoms with Crippen molar-refractivity contribution in [2.45, 2.75) is 32.6 Å². The van der Waals surface area contributed by atoms with E-state index >= 15 is 0 Å². The van der Waals surface area contributed by atoms with Crippen LogP contribution < -0.4 is 10.2 Å². The van der Waals surface area contributed by atoms with E-state index in [0.29, 0.717) is 23.4 Å². The van der Waals surface area contributed by atoms with Gasteiger partial charge in [0, 0.05) is 30.5 Å². The molecule has 1 amide bonds. The Morgan fingerprint density at radius 3 is 2.44 bits per heavy atom. The molecule has 2 aromatic carbocycles. The average Bonchev–Trinajstić information content (AvgIpc) is 2.65. The first kappa shape index (κ1) is 19.0. The van der Waals surface area contributed by atoms with Gasteiger partial charge in [0.2, 0.25) is 0 Å². The topological polar surface area (TPSA) is 58.6 Å². The van der Waals surface area contributed by atoms with Gasteiger partial charge in [0.25, 0.3) is 5.91 Å². The minimum absolute atomic E-state index is 0.111. The summed E-state index contributed by atoms with van der Waals surface area (Å²) in [6.07, 6.45) is 1.09. The molecule has 0 atom stereocenters. The second-order valence-corrected chi connectivity index (χ2v) is 7.54. The number of benzene rings is 2. The molecule has 1 heterocycles. The molecular formula is C22H26N2O3. The van der Waals surface area contributed by atoms with Crippen LogP contribution in [0.4, 0.5) is 11.4 Å². The molecule has 1 aliphatic rings. The number of ether oxygens (including phenoxy) is 1. The number of nitrogens with one attached hydrogen (secondary N) is 1. The molecule has 0 saturated carbocycles. The van der Waals surface area contributed by atoms with Crippen LogP contribution in [-0.2, 0) is 10.2 Å². The maximum atomic E-state index is 12.7. The molecule has 0 aliphatic carbocycles. The Kier molecular flexibility index (Phi) is 5.22. The van der Waals surface area contributed by atoms with Crippen LogP contribution >= 0.6 is 0 Å². The molecule has 1 aliphatic heterocycles. The van der Waals surface area contributed by atoms with Gasteiger partial charge in [-0.2, -0.15) is 0 Å². The quantitative estimate of drug-likeness (QED) is 0.823. The molecule has 0 saturated heterocycles. The summed E-state index contributed by atoms with van der Waals surface area (Å²) in [5, 5.41) is 2.89. The number of rotatable bonds is 4. The number of hydrogen-bond acceptors (Lipinski definition) is 4. The normalized spacial score (nSPS) is 15.0. The van der Waals surface area contributed by atoms with Gasteiger partial charge >= 0.3 is 5.97 Å².